The Hall–Kier alpha value is -1.76. The predicted molar refractivity (Wildman–Crippen MR) is 83.3 cm³/mol. The predicted octanol–water partition coefficient (Wildman–Crippen LogP) is 4.88. The molecule has 0 heterocycles. The number of ether oxygens (including phenoxy) is 1. The largest absolute Gasteiger partial charge is 0.489 e. The third-order valence-electron chi connectivity index (χ3n) is 4.09. The van der Waals surface area contributed by atoms with Crippen LogP contribution in [0.15, 0.2) is 42.5 Å². The van der Waals surface area contributed by atoms with E-state index in [1.807, 2.05) is 6.07 Å². The maximum absolute atomic E-state index is 6.01. The van der Waals surface area contributed by atoms with E-state index in [0.29, 0.717) is 12.5 Å². The van der Waals surface area contributed by atoms with Crippen LogP contribution in [-0.4, -0.2) is 0 Å². The number of hydrogen-bond donors (Lipinski definition) is 0. The van der Waals surface area contributed by atoms with Gasteiger partial charge in [-0.15, -0.1) is 0 Å². The van der Waals surface area contributed by atoms with Crippen molar-refractivity contribution in [3.8, 4) is 5.75 Å². The summed E-state index contributed by atoms with van der Waals surface area (Å²) in [7, 11) is 0. The summed E-state index contributed by atoms with van der Waals surface area (Å²) in [6.07, 6.45) is 3.73. The zero-order chi connectivity index (χ0) is 13.9. The van der Waals surface area contributed by atoms with Crippen molar-refractivity contribution in [2.75, 3.05) is 0 Å². The first-order chi connectivity index (χ1) is 9.74. The molecule has 2 aromatic rings. The molecule has 0 saturated heterocycles. The molecule has 1 nitrogen and oxygen atoms in total. The van der Waals surface area contributed by atoms with E-state index >= 15 is 0 Å². The fraction of sp³-hybridized carbons (Fsp3) is 0.368. The van der Waals surface area contributed by atoms with Crippen LogP contribution < -0.4 is 4.74 Å². The normalized spacial score (nSPS) is 13.6. The monoisotopic (exact) mass is 266 g/mol. The van der Waals surface area contributed by atoms with Gasteiger partial charge in [-0.05, 0) is 59.6 Å². The van der Waals surface area contributed by atoms with Crippen molar-refractivity contribution in [1.82, 2.24) is 0 Å². The van der Waals surface area contributed by atoms with Crippen LogP contribution in [0.2, 0.25) is 0 Å². The van der Waals surface area contributed by atoms with E-state index in [9.17, 15) is 0 Å². The lowest BCUT2D eigenvalue weighted by molar-refractivity contribution is 0.305. The second-order valence-electron chi connectivity index (χ2n) is 5.93. The number of hydrogen-bond acceptors (Lipinski definition) is 1. The lowest BCUT2D eigenvalue weighted by atomic mass is 9.94. The standard InChI is InChI=1S/C19H22O/c1-14(2)19-12-17(11-16-9-6-10-18(16)19)20-13-15-7-4-3-5-8-15/h3-5,7-8,11-12,14H,6,9-10,13H2,1-2H3. The molecular weight excluding hydrogens is 244 g/mol. The summed E-state index contributed by atoms with van der Waals surface area (Å²) in [4.78, 5) is 0. The number of aryl methyl sites for hydroxylation is 1. The molecule has 3 rings (SSSR count). The van der Waals surface area contributed by atoms with E-state index < -0.39 is 0 Å². The van der Waals surface area contributed by atoms with Crippen LogP contribution in [0.1, 0.15) is 48.4 Å². The Morgan fingerprint density at radius 1 is 1.05 bits per heavy atom. The van der Waals surface area contributed by atoms with Crippen LogP contribution in [0, 0.1) is 0 Å². The fourth-order valence-corrected chi connectivity index (χ4v) is 3.05. The average molecular weight is 266 g/mol. The number of benzene rings is 2. The Kier molecular flexibility index (Phi) is 3.77. The molecule has 0 amide bonds. The molecule has 1 aliphatic rings. The lowest BCUT2D eigenvalue weighted by Crippen LogP contribution is -2.00. The molecule has 0 bridgehead atoms. The minimum Gasteiger partial charge on any atom is -0.489 e. The summed E-state index contributed by atoms with van der Waals surface area (Å²) in [5.41, 5.74) is 5.77. The van der Waals surface area contributed by atoms with Gasteiger partial charge >= 0.3 is 0 Å². The Balaban J connectivity index is 1.82. The summed E-state index contributed by atoms with van der Waals surface area (Å²) in [5, 5.41) is 0. The fourth-order valence-electron chi connectivity index (χ4n) is 3.05. The maximum Gasteiger partial charge on any atom is 0.120 e. The molecule has 0 aromatic heterocycles. The Morgan fingerprint density at radius 2 is 1.85 bits per heavy atom. The molecule has 2 aromatic carbocycles. The Labute approximate surface area is 121 Å². The molecule has 20 heavy (non-hydrogen) atoms. The second-order valence-corrected chi connectivity index (χ2v) is 5.93. The summed E-state index contributed by atoms with van der Waals surface area (Å²) in [6.45, 7) is 5.20. The van der Waals surface area contributed by atoms with Gasteiger partial charge in [0.15, 0.2) is 0 Å². The molecule has 1 heteroatoms. The van der Waals surface area contributed by atoms with Gasteiger partial charge in [0.2, 0.25) is 0 Å². The minimum atomic E-state index is 0.571. The zero-order valence-corrected chi connectivity index (χ0v) is 12.4. The molecular formula is C19H22O. The highest BCUT2D eigenvalue weighted by Gasteiger charge is 2.18. The van der Waals surface area contributed by atoms with Gasteiger partial charge in [-0.1, -0.05) is 44.2 Å². The molecule has 1 aliphatic carbocycles. The van der Waals surface area contributed by atoms with Crippen molar-refractivity contribution in [1.29, 1.82) is 0 Å². The molecule has 0 unspecified atom stereocenters. The van der Waals surface area contributed by atoms with Crippen molar-refractivity contribution in [2.24, 2.45) is 0 Å². The van der Waals surface area contributed by atoms with E-state index in [-0.39, 0.29) is 0 Å². The van der Waals surface area contributed by atoms with Gasteiger partial charge < -0.3 is 4.74 Å². The van der Waals surface area contributed by atoms with Crippen molar-refractivity contribution < 1.29 is 4.74 Å². The highest BCUT2D eigenvalue weighted by atomic mass is 16.5. The molecule has 0 atom stereocenters. The van der Waals surface area contributed by atoms with E-state index in [1.165, 1.54) is 36.0 Å². The summed E-state index contributed by atoms with van der Waals surface area (Å²) >= 11 is 0. The molecule has 0 saturated carbocycles. The second kappa shape index (κ2) is 5.70. The van der Waals surface area contributed by atoms with Crippen LogP contribution in [0.3, 0.4) is 0 Å². The first-order valence-corrected chi connectivity index (χ1v) is 7.56. The van der Waals surface area contributed by atoms with Gasteiger partial charge in [0, 0.05) is 0 Å². The molecule has 0 spiro atoms. The summed E-state index contributed by atoms with van der Waals surface area (Å²) < 4.78 is 6.01. The van der Waals surface area contributed by atoms with Gasteiger partial charge in [0.05, 0.1) is 0 Å². The van der Waals surface area contributed by atoms with E-state index in [0.717, 1.165) is 5.75 Å². The third-order valence-corrected chi connectivity index (χ3v) is 4.09. The lowest BCUT2D eigenvalue weighted by Gasteiger charge is -2.15. The molecule has 0 fully saturated rings. The van der Waals surface area contributed by atoms with Crippen LogP contribution >= 0.6 is 0 Å². The van der Waals surface area contributed by atoms with Gasteiger partial charge in [0.25, 0.3) is 0 Å². The zero-order valence-electron chi connectivity index (χ0n) is 12.4. The number of rotatable bonds is 4. The Morgan fingerprint density at radius 3 is 2.60 bits per heavy atom. The van der Waals surface area contributed by atoms with Crippen molar-refractivity contribution in [3.63, 3.8) is 0 Å². The highest BCUT2D eigenvalue weighted by molar-refractivity contribution is 5.46. The van der Waals surface area contributed by atoms with E-state index in [1.54, 1.807) is 5.56 Å². The van der Waals surface area contributed by atoms with Gasteiger partial charge in [-0.2, -0.15) is 0 Å². The highest BCUT2D eigenvalue weighted by Crippen LogP contribution is 2.34. The third kappa shape index (κ3) is 2.72. The van der Waals surface area contributed by atoms with Crippen LogP contribution in [-0.2, 0) is 19.4 Å². The smallest absolute Gasteiger partial charge is 0.120 e. The summed E-state index contributed by atoms with van der Waals surface area (Å²) in [6, 6.07) is 14.9. The van der Waals surface area contributed by atoms with Gasteiger partial charge in [-0.3, -0.25) is 0 Å². The van der Waals surface area contributed by atoms with Crippen LogP contribution in [0.25, 0.3) is 0 Å². The minimum absolute atomic E-state index is 0.571. The molecule has 0 radical (unpaired) electrons. The van der Waals surface area contributed by atoms with Crippen LogP contribution in [0.4, 0.5) is 0 Å². The SMILES string of the molecule is CC(C)c1cc(OCc2ccccc2)cc2c1CCC2. The van der Waals surface area contributed by atoms with E-state index in [2.05, 4.69) is 50.2 Å². The molecule has 0 aliphatic heterocycles. The molecule has 104 valence electrons. The van der Waals surface area contributed by atoms with Crippen molar-refractivity contribution >= 4 is 0 Å². The van der Waals surface area contributed by atoms with Gasteiger partial charge in [0.1, 0.15) is 12.4 Å². The van der Waals surface area contributed by atoms with E-state index in [4.69, 9.17) is 4.74 Å². The average Bonchev–Trinajstić information content (AvgIpc) is 2.93. The van der Waals surface area contributed by atoms with Crippen molar-refractivity contribution in [2.45, 2.75) is 45.6 Å². The topological polar surface area (TPSA) is 9.23 Å². The van der Waals surface area contributed by atoms with Crippen molar-refractivity contribution in [3.05, 3.63) is 64.7 Å². The first-order valence-electron chi connectivity index (χ1n) is 7.56. The van der Waals surface area contributed by atoms with Gasteiger partial charge in [-0.25, -0.2) is 0 Å². The van der Waals surface area contributed by atoms with Crippen LogP contribution in [0.5, 0.6) is 5.75 Å². The summed E-state index contributed by atoms with van der Waals surface area (Å²) in [5.74, 6) is 1.60. The Bertz CT molecular complexity index is 584. The maximum atomic E-state index is 6.01. The first kappa shape index (κ1) is 13.2. The quantitative estimate of drug-likeness (QED) is 0.766. The number of fused-ring (bicyclic) bond motifs is 1. The molecule has 0 N–H and O–H groups in total.